The van der Waals surface area contributed by atoms with Gasteiger partial charge in [-0.1, -0.05) is 26.0 Å². The molecule has 1 heterocycles. The van der Waals surface area contributed by atoms with Crippen LogP contribution in [0.4, 0.5) is 0 Å². The van der Waals surface area contributed by atoms with Crippen molar-refractivity contribution >= 4 is 11.0 Å². The summed E-state index contributed by atoms with van der Waals surface area (Å²) in [5.74, 6) is 0.865. The molecule has 1 aliphatic carbocycles. The maximum absolute atomic E-state index is 11.9. The highest BCUT2D eigenvalue weighted by Crippen LogP contribution is 2.30. The molecule has 22 heavy (non-hydrogen) atoms. The van der Waals surface area contributed by atoms with E-state index < -0.39 is 0 Å². The Balaban J connectivity index is 1.92. The normalized spacial score (nSPS) is 14.9. The van der Waals surface area contributed by atoms with E-state index in [-0.39, 0.29) is 5.63 Å². The second-order valence-electron chi connectivity index (χ2n) is 6.45. The predicted molar refractivity (Wildman–Crippen MR) is 90.2 cm³/mol. The maximum atomic E-state index is 11.9. The van der Waals surface area contributed by atoms with Crippen molar-refractivity contribution in [2.24, 2.45) is 5.92 Å². The standard InChI is InChI=1S/C19H25NO2/c1-3-9-20(12-15-5-6-15)13-16-11-19(21)22-18-10-14(4-2)7-8-17(16)18/h7-8,10-11,15H,3-6,9,12-13H2,1-2H3. The van der Waals surface area contributed by atoms with Crippen molar-refractivity contribution in [1.82, 2.24) is 4.90 Å². The zero-order valence-electron chi connectivity index (χ0n) is 13.6. The number of rotatable bonds is 7. The van der Waals surface area contributed by atoms with Gasteiger partial charge in [-0.2, -0.15) is 0 Å². The number of aryl methyl sites for hydroxylation is 1. The fourth-order valence-electron chi connectivity index (χ4n) is 3.08. The van der Waals surface area contributed by atoms with Gasteiger partial charge < -0.3 is 4.42 Å². The summed E-state index contributed by atoms with van der Waals surface area (Å²) in [5, 5.41) is 1.08. The monoisotopic (exact) mass is 299 g/mol. The summed E-state index contributed by atoms with van der Waals surface area (Å²) >= 11 is 0. The Morgan fingerprint density at radius 2 is 2.05 bits per heavy atom. The van der Waals surface area contributed by atoms with Crippen molar-refractivity contribution in [2.45, 2.75) is 46.1 Å². The van der Waals surface area contributed by atoms with Crippen LogP contribution in [0.5, 0.6) is 0 Å². The summed E-state index contributed by atoms with van der Waals surface area (Å²) in [5.41, 5.74) is 2.79. The van der Waals surface area contributed by atoms with E-state index in [0.29, 0.717) is 0 Å². The Kier molecular flexibility index (Phi) is 4.63. The molecular formula is C19H25NO2. The number of fused-ring (bicyclic) bond motifs is 1. The number of hydrogen-bond acceptors (Lipinski definition) is 3. The lowest BCUT2D eigenvalue weighted by atomic mass is 10.1. The molecule has 1 saturated carbocycles. The first kappa shape index (κ1) is 15.3. The molecule has 1 fully saturated rings. The first-order valence-corrected chi connectivity index (χ1v) is 8.47. The number of nitrogens with zero attached hydrogens (tertiary/aromatic N) is 1. The Morgan fingerprint density at radius 1 is 1.23 bits per heavy atom. The largest absolute Gasteiger partial charge is 0.423 e. The molecule has 0 spiro atoms. The third-order valence-corrected chi connectivity index (χ3v) is 4.45. The van der Waals surface area contributed by atoms with E-state index in [9.17, 15) is 4.79 Å². The van der Waals surface area contributed by atoms with Crippen LogP contribution in [-0.4, -0.2) is 18.0 Å². The first-order valence-electron chi connectivity index (χ1n) is 8.47. The van der Waals surface area contributed by atoms with Crippen LogP contribution < -0.4 is 5.63 Å². The molecule has 0 atom stereocenters. The van der Waals surface area contributed by atoms with E-state index in [2.05, 4.69) is 30.9 Å². The van der Waals surface area contributed by atoms with Gasteiger partial charge in [-0.15, -0.1) is 0 Å². The molecule has 0 aliphatic heterocycles. The molecule has 118 valence electrons. The lowest BCUT2D eigenvalue weighted by molar-refractivity contribution is 0.255. The van der Waals surface area contributed by atoms with Crippen molar-refractivity contribution in [3.63, 3.8) is 0 Å². The third kappa shape index (κ3) is 3.58. The minimum Gasteiger partial charge on any atom is -0.423 e. The highest BCUT2D eigenvalue weighted by atomic mass is 16.4. The van der Waals surface area contributed by atoms with E-state index in [1.165, 1.54) is 18.4 Å². The highest BCUT2D eigenvalue weighted by Gasteiger charge is 2.24. The van der Waals surface area contributed by atoms with Gasteiger partial charge in [-0.3, -0.25) is 4.90 Å². The van der Waals surface area contributed by atoms with Crippen LogP contribution in [0, 0.1) is 5.92 Å². The molecule has 0 N–H and O–H groups in total. The summed E-state index contributed by atoms with van der Waals surface area (Å²) in [6.45, 7) is 7.42. The van der Waals surface area contributed by atoms with Gasteiger partial charge in [-0.05, 0) is 55.3 Å². The van der Waals surface area contributed by atoms with Gasteiger partial charge in [-0.25, -0.2) is 4.79 Å². The fourth-order valence-corrected chi connectivity index (χ4v) is 3.08. The van der Waals surface area contributed by atoms with E-state index in [0.717, 1.165) is 54.9 Å². The average molecular weight is 299 g/mol. The SMILES string of the molecule is CCCN(Cc1cc(=O)oc2cc(CC)ccc12)CC1CC1. The molecular weight excluding hydrogens is 274 g/mol. The molecule has 0 unspecified atom stereocenters. The highest BCUT2D eigenvalue weighted by molar-refractivity contribution is 5.80. The molecule has 0 radical (unpaired) electrons. The van der Waals surface area contributed by atoms with Crippen LogP contribution in [0.15, 0.2) is 33.5 Å². The number of hydrogen-bond donors (Lipinski definition) is 0. The second kappa shape index (κ2) is 6.66. The topological polar surface area (TPSA) is 33.5 Å². The molecule has 1 aromatic heterocycles. The molecule has 3 nitrogen and oxygen atoms in total. The quantitative estimate of drug-likeness (QED) is 0.725. The smallest absolute Gasteiger partial charge is 0.336 e. The van der Waals surface area contributed by atoms with E-state index >= 15 is 0 Å². The van der Waals surface area contributed by atoms with E-state index in [1.54, 1.807) is 6.07 Å². The summed E-state index contributed by atoms with van der Waals surface area (Å²) in [7, 11) is 0. The van der Waals surface area contributed by atoms with Gasteiger partial charge in [0, 0.05) is 24.5 Å². The average Bonchev–Trinajstić information content (AvgIpc) is 3.30. The van der Waals surface area contributed by atoms with Crippen molar-refractivity contribution in [3.8, 4) is 0 Å². The molecule has 1 aliphatic rings. The van der Waals surface area contributed by atoms with Crippen molar-refractivity contribution in [2.75, 3.05) is 13.1 Å². The fraction of sp³-hybridized carbons (Fsp3) is 0.526. The van der Waals surface area contributed by atoms with E-state index in [4.69, 9.17) is 4.42 Å². The summed E-state index contributed by atoms with van der Waals surface area (Å²) in [4.78, 5) is 14.4. The van der Waals surface area contributed by atoms with Crippen molar-refractivity contribution in [1.29, 1.82) is 0 Å². The minimum absolute atomic E-state index is 0.237. The number of benzene rings is 1. The summed E-state index contributed by atoms with van der Waals surface area (Å²) in [6.07, 6.45) is 4.81. The molecule has 2 aromatic rings. The Bertz CT molecular complexity index is 700. The molecule has 3 heteroatoms. The maximum Gasteiger partial charge on any atom is 0.336 e. The Labute approximate surface area is 131 Å². The van der Waals surface area contributed by atoms with Crippen LogP contribution in [0.2, 0.25) is 0 Å². The van der Waals surface area contributed by atoms with Gasteiger partial charge >= 0.3 is 5.63 Å². The zero-order valence-corrected chi connectivity index (χ0v) is 13.6. The zero-order chi connectivity index (χ0) is 15.5. The van der Waals surface area contributed by atoms with Gasteiger partial charge in [0.25, 0.3) is 0 Å². The molecule has 0 amide bonds. The van der Waals surface area contributed by atoms with Crippen LogP contribution in [0.25, 0.3) is 11.0 Å². The van der Waals surface area contributed by atoms with Gasteiger partial charge in [0.1, 0.15) is 5.58 Å². The second-order valence-corrected chi connectivity index (χ2v) is 6.45. The van der Waals surface area contributed by atoms with Gasteiger partial charge in [0.15, 0.2) is 0 Å². The predicted octanol–water partition coefficient (Wildman–Crippen LogP) is 3.98. The van der Waals surface area contributed by atoms with Crippen molar-refractivity contribution < 1.29 is 4.42 Å². The lowest BCUT2D eigenvalue weighted by Gasteiger charge is -2.22. The Hall–Kier alpha value is -1.61. The molecule has 1 aromatic carbocycles. The Morgan fingerprint density at radius 3 is 2.73 bits per heavy atom. The van der Waals surface area contributed by atoms with Crippen LogP contribution in [0.1, 0.15) is 44.2 Å². The molecule has 0 saturated heterocycles. The first-order chi connectivity index (χ1) is 10.7. The van der Waals surface area contributed by atoms with Crippen LogP contribution in [0.3, 0.4) is 0 Å². The van der Waals surface area contributed by atoms with E-state index in [1.807, 2.05) is 6.07 Å². The minimum atomic E-state index is -0.237. The lowest BCUT2D eigenvalue weighted by Crippen LogP contribution is -2.27. The van der Waals surface area contributed by atoms with Crippen molar-refractivity contribution in [3.05, 3.63) is 45.8 Å². The van der Waals surface area contributed by atoms with Gasteiger partial charge in [0.2, 0.25) is 0 Å². The third-order valence-electron chi connectivity index (χ3n) is 4.45. The van der Waals surface area contributed by atoms with Crippen LogP contribution >= 0.6 is 0 Å². The summed E-state index contributed by atoms with van der Waals surface area (Å²) < 4.78 is 5.41. The van der Waals surface area contributed by atoms with Gasteiger partial charge in [0.05, 0.1) is 0 Å². The van der Waals surface area contributed by atoms with Crippen LogP contribution in [-0.2, 0) is 13.0 Å². The molecule has 0 bridgehead atoms. The summed E-state index contributed by atoms with van der Waals surface area (Å²) in [6, 6.07) is 7.92. The molecule has 3 rings (SSSR count).